The van der Waals surface area contributed by atoms with Crippen molar-refractivity contribution in [2.45, 2.75) is 19.4 Å². The van der Waals surface area contributed by atoms with Crippen molar-refractivity contribution < 1.29 is 12.6 Å². The summed E-state index contributed by atoms with van der Waals surface area (Å²) in [6, 6.07) is 7.54. The van der Waals surface area contributed by atoms with Gasteiger partial charge >= 0.3 is 0 Å². The summed E-state index contributed by atoms with van der Waals surface area (Å²) in [4.78, 5) is 0. The first-order valence-corrected chi connectivity index (χ1v) is 7.89. The van der Waals surface area contributed by atoms with Gasteiger partial charge in [-0.3, -0.25) is 4.18 Å². The third-order valence-corrected chi connectivity index (χ3v) is 3.95. The molecule has 1 aliphatic rings. The molecule has 2 atom stereocenters. The fourth-order valence-electron chi connectivity index (χ4n) is 1.98. The third-order valence-electron chi connectivity index (χ3n) is 3.10. The molecular weight excluding hydrogens is 272 g/mol. The molecule has 1 fully saturated rings. The first kappa shape index (κ1) is 13.6. The normalized spacial score (nSPS) is 26.1. The van der Waals surface area contributed by atoms with Gasteiger partial charge in [0.05, 0.1) is 12.4 Å². The number of rotatable bonds is 3. The van der Waals surface area contributed by atoms with Gasteiger partial charge in [-0.05, 0) is 24.1 Å². The zero-order chi connectivity index (χ0) is 13.3. The summed E-state index contributed by atoms with van der Waals surface area (Å²) in [5, 5.41) is 0.706. The van der Waals surface area contributed by atoms with E-state index in [0.717, 1.165) is 11.8 Å². The van der Waals surface area contributed by atoms with Gasteiger partial charge < -0.3 is 0 Å². The summed E-state index contributed by atoms with van der Waals surface area (Å²) < 4.78 is 27.0. The van der Waals surface area contributed by atoms with E-state index < -0.39 is 10.1 Å². The molecule has 0 saturated heterocycles. The van der Waals surface area contributed by atoms with Crippen molar-refractivity contribution in [3.63, 3.8) is 0 Å². The Morgan fingerprint density at radius 3 is 2.44 bits per heavy atom. The number of hydrogen-bond acceptors (Lipinski definition) is 3. The van der Waals surface area contributed by atoms with Crippen molar-refractivity contribution in [2.24, 2.45) is 5.92 Å². The topological polar surface area (TPSA) is 43.4 Å². The SMILES string of the molecule is CC1/C(=C/c2ccc(Cl)cc2)CC1OS(C)(=O)=O. The van der Waals surface area contributed by atoms with Crippen LogP contribution in [0.5, 0.6) is 0 Å². The fourth-order valence-corrected chi connectivity index (χ4v) is 2.79. The Bertz CT molecular complexity index is 560. The van der Waals surface area contributed by atoms with E-state index in [1.165, 1.54) is 5.57 Å². The quantitative estimate of drug-likeness (QED) is 0.802. The summed E-state index contributed by atoms with van der Waals surface area (Å²) in [5.41, 5.74) is 2.27. The minimum atomic E-state index is -3.36. The number of halogens is 1. The smallest absolute Gasteiger partial charge is 0.264 e. The molecule has 0 aromatic heterocycles. The van der Waals surface area contributed by atoms with Crippen LogP contribution in [0.2, 0.25) is 5.02 Å². The lowest BCUT2D eigenvalue weighted by Gasteiger charge is -2.36. The lowest BCUT2D eigenvalue weighted by molar-refractivity contribution is 0.119. The Labute approximate surface area is 113 Å². The van der Waals surface area contributed by atoms with E-state index in [4.69, 9.17) is 15.8 Å². The van der Waals surface area contributed by atoms with Crippen molar-refractivity contribution in [3.8, 4) is 0 Å². The van der Waals surface area contributed by atoms with Crippen molar-refractivity contribution in [2.75, 3.05) is 6.26 Å². The molecule has 0 aliphatic heterocycles. The van der Waals surface area contributed by atoms with Gasteiger partial charge in [0.1, 0.15) is 0 Å². The zero-order valence-electron chi connectivity index (χ0n) is 10.3. The molecule has 18 heavy (non-hydrogen) atoms. The molecule has 98 valence electrons. The molecule has 1 aromatic carbocycles. The summed E-state index contributed by atoms with van der Waals surface area (Å²) >= 11 is 5.81. The first-order valence-electron chi connectivity index (χ1n) is 5.69. The van der Waals surface area contributed by atoms with Gasteiger partial charge in [0, 0.05) is 10.9 Å². The Kier molecular flexibility index (Phi) is 3.80. The Balaban J connectivity index is 2.04. The van der Waals surface area contributed by atoms with Crippen LogP contribution in [0, 0.1) is 5.92 Å². The van der Waals surface area contributed by atoms with Crippen molar-refractivity contribution >= 4 is 27.8 Å². The summed E-state index contributed by atoms with van der Waals surface area (Å²) in [6.07, 6.45) is 3.58. The zero-order valence-corrected chi connectivity index (χ0v) is 11.8. The highest BCUT2D eigenvalue weighted by Gasteiger charge is 2.35. The highest BCUT2D eigenvalue weighted by Crippen LogP contribution is 2.38. The molecule has 0 amide bonds. The van der Waals surface area contributed by atoms with E-state index in [1.807, 2.05) is 31.2 Å². The molecule has 0 spiro atoms. The van der Waals surface area contributed by atoms with Gasteiger partial charge in [0.2, 0.25) is 0 Å². The maximum absolute atomic E-state index is 11.0. The van der Waals surface area contributed by atoms with Crippen LogP contribution in [0.3, 0.4) is 0 Å². The first-order chi connectivity index (χ1) is 8.35. The molecular formula is C13H15ClO3S. The minimum Gasteiger partial charge on any atom is -0.266 e. The molecule has 1 saturated carbocycles. The molecule has 0 heterocycles. The average molecular weight is 287 g/mol. The second-order valence-corrected chi connectivity index (χ2v) is 6.64. The summed E-state index contributed by atoms with van der Waals surface area (Å²) in [7, 11) is -3.36. The number of hydrogen-bond donors (Lipinski definition) is 0. The standard InChI is InChI=1S/C13H15ClO3S/c1-9-11(8-13(9)17-18(2,15)16)7-10-3-5-12(14)6-4-10/h3-7,9,13H,8H2,1-2H3/b11-7+. The Morgan fingerprint density at radius 1 is 1.33 bits per heavy atom. The molecule has 1 aliphatic carbocycles. The van der Waals surface area contributed by atoms with Crippen LogP contribution >= 0.6 is 11.6 Å². The second-order valence-electron chi connectivity index (χ2n) is 4.60. The third kappa shape index (κ3) is 3.34. The lowest BCUT2D eigenvalue weighted by Crippen LogP contribution is -2.36. The van der Waals surface area contributed by atoms with Gasteiger partial charge in [-0.1, -0.05) is 42.3 Å². The van der Waals surface area contributed by atoms with Crippen LogP contribution in [0.4, 0.5) is 0 Å². The van der Waals surface area contributed by atoms with E-state index in [-0.39, 0.29) is 12.0 Å². The second kappa shape index (κ2) is 5.03. The van der Waals surface area contributed by atoms with E-state index >= 15 is 0 Å². The average Bonchev–Trinajstić information content (AvgIpc) is 2.28. The predicted octanol–water partition coefficient (Wildman–Crippen LogP) is 3.11. The van der Waals surface area contributed by atoms with E-state index in [0.29, 0.717) is 11.4 Å². The minimum absolute atomic E-state index is 0.135. The summed E-state index contributed by atoms with van der Waals surface area (Å²) in [5.74, 6) is 0.135. The van der Waals surface area contributed by atoms with Crippen LogP contribution in [0.25, 0.3) is 6.08 Å². The monoisotopic (exact) mass is 286 g/mol. The van der Waals surface area contributed by atoms with Crippen molar-refractivity contribution in [1.29, 1.82) is 0 Å². The van der Waals surface area contributed by atoms with Crippen LogP contribution in [-0.4, -0.2) is 20.8 Å². The molecule has 2 unspecified atom stereocenters. The molecule has 0 N–H and O–H groups in total. The molecule has 2 rings (SSSR count). The number of benzene rings is 1. The molecule has 1 aromatic rings. The molecule has 5 heteroatoms. The highest BCUT2D eigenvalue weighted by atomic mass is 35.5. The van der Waals surface area contributed by atoms with Crippen LogP contribution < -0.4 is 0 Å². The highest BCUT2D eigenvalue weighted by molar-refractivity contribution is 7.86. The van der Waals surface area contributed by atoms with Crippen LogP contribution in [0.1, 0.15) is 18.9 Å². The van der Waals surface area contributed by atoms with Gasteiger partial charge in [0.25, 0.3) is 10.1 Å². The van der Waals surface area contributed by atoms with Gasteiger partial charge in [0.15, 0.2) is 0 Å². The predicted molar refractivity (Wildman–Crippen MR) is 72.9 cm³/mol. The van der Waals surface area contributed by atoms with E-state index in [1.54, 1.807) is 0 Å². The molecule has 0 radical (unpaired) electrons. The van der Waals surface area contributed by atoms with Gasteiger partial charge in [-0.2, -0.15) is 8.42 Å². The maximum atomic E-state index is 11.0. The summed E-state index contributed by atoms with van der Waals surface area (Å²) in [6.45, 7) is 1.97. The fraction of sp³-hybridized carbons (Fsp3) is 0.385. The van der Waals surface area contributed by atoms with Gasteiger partial charge in [-0.25, -0.2) is 0 Å². The molecule has 3 nitrogen and oxygen atoms in total. The van der Waals surface area contributed by atoms with E-state index in [9.17, 15) is 8.42 Å². The Morgan fingerprint density at radius 2 is 1.94 bits per heavy atom. The van der Waals surface area contributed by atoms with E-state index in [2.05, 4.69) is 6.08 Å². The lowest BCUT2D eigenvalue weighted by atomic mass is 9.77. The molecule has 0 bridgehead atoms. The van der Waals surface area contributed by atoms with Crippen LogP contribution in [0.15, 0.2) is 29.8 Å². The van der Waals surface area contributed by atoms with Crippen LogP contribution in [-0.2, 0) is 14.3 Å². The largest absolute Gasteiger partial charge is 0.266 e. The maximum Gasteiger partial charge on any atom is 0.264 e. The van der Waals surface area contributed by atoms with Gasteiger partial charge in [-0.15, -0.1) is 0 Å². The van der Waals surface area contributed by atoms with Crippen molar-refractivity contribution in [1.82, 2.24) is 0 Å². The van der Waals surface area contributed by atoms with Crippen molar-refractivity contribution in [3.05, 3.63) is 40.4 Å². The Hall–Kier alpha value is -0.840.